The van der Waals surface area contributed by atoms with Gasteiger partial charge in [-0.1, -0.05) is 18.2 Å². The Bertz CT molecular complexity index is 544. The van der Waals surface area contributed by atoms with Crippen LogP contribution in [0.2, 0.25) is 0 Å². The van der Waals surface area contributed by atoms with Gasteiger partial charge in [-0.25, -0.2) is 0 Å². The smallest absolute Gasteiger partial charge is 0.248 e. The molecule has 2 aromatic rings. The number of rotatable bonds is 0. The zero-order valence-corrected chi connectivity index (χ0v) is 10.6. The Hall–Kier alpha value is -1.65. The average Bonchev–Trinajstić information content (AvgIpc) is 2.40. The summed E-state index contributed by atoms with van der Waals surface area (Å²) in [5.74, 6) is 0. The van der Waals surface area contributed by atoms with Gasteiger partial charge in [-0.3, -0.25) is 4.79 Å². The van der Waals surface area contributed by atoms with E-state index in [-0.39, 0.29) is 5.56 Å². The number of aromatic nitrogens is 1. The number of hydrogen-bond acceptors (Lipinski definition) is 3. The van der Waals surface area contributed by atoms with Crippen molar-refractivity contribution in [2.45, 2.75) is 0 Å². The average molecular weight is 245 g/mol. The van der Waals surface area contributed by atoms with Crippen LogP contribution in [0.5, 0.6) is 0 Å². The van der Waals surface area contributed by atoms with E-state index >= 15 is 0 Å². The van der Waals surface area contributed by atoms with E-state index in [0.717, 1.165) is 24.0 Å². The van der Waals surface area contributed by atoms with Crippen molar-refractivity contribution in [3.05, 3.63) is 46.8 Å². The number of hydrogen-bond donors (Lipinski definition) is 2. The predicted octanol–water partition coefficient (Wildman–Crippen LogP) is 1.05. The number of fused-ring (bicyclic) bond motifs is 1. The second-order valence-electron chi connectivity index (χ2n) is 4.46. The number of aromatic amines is 1. The topological polar surface area (TPSA) is 48.1 Å². The highest BCUT2D eigenvalue weighted by Gasteiger charge is 2.01. The largest absolute Gasteiger partial charge is 0.322 e. The van der Waals surface area contributed by atoms with E-state index in [0.29, 0.717) is 0 Å². The van der Waals surface area contributed by atoms with Crippen molar-refractivity contribution in [3.63, 3.8) is 0 Å². The van der Waals surface area contributed by atoms with Crippen molar-refractivity contribution in [2.75, 3.05) is 33.2 Å². The van der Waals surface area contributed by atoms with Gasteiger partial charge >= 0.3 is 0 Å². The molecule has 1 aliphatic heterocycles. The van der Waals surface area contributed by atoms with E-state index < -0.39 is 0 Å². The first kappa shape index (κ1) is 12.8. The zero-order chi connectivity index (χ0) is 12.8. The molecule has 18 heavy (non-hydrogen) atoms. The fourth-order valence-electron chi connectivity index (χ4n) is 1.87. The van der Waals surface area contributed by atoms with Crippen LogP contribution in [0.25, 0.3) is 10.9 Å². The Morgan fingerprint density at radius 2 is 1.78 bits per heavy atom. The van der Waals surface area contributed by atoms with Crippen LogP contribution in [0.1, 0.15) is 0 Å². The number of benzene rings is 1. The van der Waals surface area contributed by atoms with E-state index in [1.54, 1.807) is 0 Å². The molecule has 1 aliphatic rings. The van der Waals surface area contributed by atoms with Crippen LogP contribution in [-0.4, -0.2) is 43.1 Å². The summed E-state index contributed by atoms with van der Waals surface area (Å²) < 4.78 is 0. The van der Waals surface area contributed by atoms with Gasteiger partial charge in [0.2, 0.25) is 5.56 Å². The fourth-order valence-corrected chi connectivity index (χ4v) is 1.87. The minimum atomic E-state index is -0.0521. The Morgan fingerprint density at radius 3 is 2.44 bits per heavy atom. The molecule has 1 saturated heterocycles. The molecular weight excluding hydrogens is 226 g/mol. The number of pyridine rings is 1. The third kappa shape index (κ3) is 3.68. The fraction of sp³-hybridized carbons (Fsp3) is 0.357. The standard InChI is InChI=1S/C9H7NO.C5H12N2/c11-9-6-5-7-3-1-2-4-8(7)10-9;1-7-4-2-6-3-5-7/h1-6H,(H,10,11);6H,2-5H2,1H3. The Balaban J connectivity index is 0.000000149. The molecule has 4 nitrogen and oxygen atoms in total. The number of H-pyrrole nitrogens is 1. The van der Waals surface area contributed by atoms with Gasteiger partial charge < -0.3 is 15.2 Å². The third-order valence-corrected chi connectivity index (χ3v) is 2.97. The van der Waals surface area contributed by atoms with Gasteiger partial charge in [-0.05, 0) is 24.6 Å². The highest BCUT2D eigenvalue weighted by Crippen LogP contribution is 2.06. The lowest BCUT2D eigenvalue weighted by atomic mass is 10.2. The molecule has 0 radical (unpaired) electrons. The first-order valence-corrected chi connectivity index (χ1v) is 6.23. The molecule has 0 spiro atoms. The molecule has 0 aliphatic carbocycles. The molecule has 3 rings (SSSR count). The minimum Gasteiger partial charge on any atom is -0.322 e. The molecule has 0 unspecified atom stereocenters. The summed E-state index contributed by atoms with van der Waals surface area (Å²) in [5, 5.41) is 4.34. The van der Waals surface area contributed by atoms with Crippen molar-refractivity contribution in [2.24, 2.45) is 0 Å². The van der Waals surface area contributed by atoms with Crippen molar-refractivity contribution in [1.29, 1.82) is 0 Å². The zero-order valence-electron chi connectivity index (χ0n) is 10.6. The number of nitrogens with one attached hydrogen (secondary N) is 2. The number of nitrogens with zero attached hydrogens (tertiary/aromatic N) is 1. The van der Waals surface area contributed by atoms with Crippen LogP contribution in [0.15, 0.2) is 41.2 Å². The Morgan fingerprint density at radius 1 is 1.06 bits per heavy atom. The second kappa shape index (κ2) is 6.33. The predicted molar refractivity (Wildman–Crippen MR) is 74.9 cm³/mol. The van der Waals surface area contributed by atoms with Gasteiger partial charge in [0.05, 0.1) is 0 Å². The normalized spacial score (nSPS) is 16.1. The Kier molecular flexibility index (Phi) is 4.50. The molecule has 4 heteroatoms. The lowest BCUT2D eigenvalue weighted by Crippen LogP contribution is -2.40. The molecule has 1 aromatic carbocycles. The monoisotopic (exact) mass is 245 g/mol. The first-order valence-electron chi connectivity index (χ1n) is 6.23. The van der Waals surface area contributed by atoms with Gasteiger partial charge in [0.15, 0.2) is 0 Å². The molecule has 1 fully saturated rings. The molecule has 2 N–H and O–H groups in total. The van der Waals surface area contributed by atoms with Crippen molar-refractivity contribution >= 4 is 10.9 Å². The summed E-state index contributed by atoms with van der Waals surface area (Å²) in [5.41, 5.74) is 0.837. The van der Waals surface area contributed by atoms with Crippen molar-refractivity contribution < 1.29 is 0 Å². The highest BCUT2D eigenvalue weighted by molar-refractivity contribution is 5.77. The van der Waals surface area contributed by atoms with Gasteiger partial charge in [0.25, 0.3) is 0 Å². The highest BCUT2D eigenvalue weighted by atomic mass is 16.1. The second-order valence-corrected chi connectivity index (χ2v) is 4.46. The van der Waals surface area contributed by atoms with Crippen LogP contribution in [0.3, 0.4) is 0 Å². The van der Waals surface area contributed by atoms with Crippen LogP contribution in [-0.2, 0) is 0 Å². The molecular formula is C14H19N3O. The molecule has 0 amide bonds. The number of likely N-dealkylation sites (N-methyl/N-ethyl adjacent to an activating group) is 1. The van der Waals surface area contributed by atoms with Crippen LogP contribution in [0.4, 0.5) is 0 Å². The summed E-state index contributed by atoms with van der Waals surface area (Å²) in [6, 6.07) is 11.0. The quantitative estimate of drug-likeness (QED) is 0.729. The molecule has 0 atom stereocenters. The lowest BCUT2D eigenvalue weighted by molar-refractivity contribution is 0.291. The Labute approximate surface area is 107 Å². The molecule has 96 valence electrons. The van der Waals surface area contributed by atoms with Crippen molar-refractivity contribution in [1.82, 2.24) is 15.2 Å². The van der Waals surface area contributed by atoms with E-state index in [2.05, 4.69) is 22.2 Å². The third-order valence-electron chi connectivity index (χ3n) is 2.97. The maximum absolute atomic E-state index is 10.8. The summed E-state index contributed by atoms with van der Waals surface area (Å²) >= 11 is 0. The van der Waals surface area contributed by atoms with Crippen molar-refractivity contribution in [3.8, 4) is 0 Å². The van der Waals surface area contributed by atoms with Gasteiger partial charge in [0.1, 0.15) is 0 Å². The maximum atomic E-state index is 10.8. The summed E-state index contributed by atoms with van der Waals surface area (Å²) in [6.45, 7) is 4.74. The van der Waals surface area contributed by atoms with E-state index in [1.165, 1.54) is 19.2 Å². The van der Waals surface area contributed by atoms with Crippen LogP contribution < -0.4 is 10.9 Å². The number of para-hydroxylation sites is 1. The SMILES string of the molecule is CN1CCNCC1.O=c1ccc2ccccc2[nH]1. The summed E-state index contributed by atoms with van der Waals surface area (Å²) in [4.78, 5) is 15.9. The summed E-state index contributed by atoms with van der Waals surface area (Å²) in [7, 11) is 2.15. The molecule has 2 heterocycles. The number of piperazine rings is 1. The van der Waals surface area contributed by atoms with Crippen LogP contribution in [0, 0.1) is 0 Å². The van der Waals surface area contributed by atoms with E-state index in [9.17, 15) is 4.79 Å². The molecule has 1 aromatic heterocycles. The molecule has 0 saturated carbocycles. The maximum Gasteiger partial charge on any atom is 0.248 e. The van der Waals surface area contributed by atoms with E-state index in [1.807, 2.05) is 30.3 Å². The van der Waals surface area contributed by atoms with Gasteiger partial charge in [-0.2, -0.15) is 0 Å². The molecule has 0 bridgehead atoms. The van der Waals surface area contributed by atoms with E-state index in [4.69, 9.17) is 0 Å². The minimum absolute atomic E-state index is 0.0521. The first-order chi connectivity index (χ1) is 8.75. The lowest BCUT2D eigenvalue weighted by Gasteiger charge is -2.21. The van der Waals surface area contributed by atoms with Crippen LogP contribution >= 0.6 is 0 Å². The van der Waals surface area contributed by atoms with Gasteiger partial charge in [0, 0.05) is 37.8 Å². The summed E-state index contributed by atoms with van der Waals surface area (Å²) in [6.07, 6.45) is 0. The van der Waals surface area contributed by atoms with Gasteiger partial charge in [-0.15, -0.1) is 0 Å².